The summed E-state index contributed by atoms with van der Waals surface area (Å²) >= 11 is 0. The van der Waals surface area contributed by atoms with Crippen LogP contribution in [0.4, 0.5) is 10.5 Å². The molecule has 0 N–H and O–H groups in total. The number of carbonyl (C=O) groups is 2. The quantitative estimate of drug-likeness (QED) is 0.757. The van der Waals surface area contributed by atoms with Gasteiger partial charge in [0, 0.05) is 25.3 Å². The molecule has 1 heterocycles. The molecule has 0 aliphatic carbocycles. The van der Waals surface area contributed by atoms with E-state index in [9.17, 15) is 9.59 Å². The summed E-state index contributed by atoms with van der Waals surface area (Å²) in [4.78, 5) is 27.5. The molecule has 1 fully saturated rings. The van der Waals surface area contributed by atoms with Crippen LogP contribution in [0, 0.1) is 0 Å². The first kappa shape index (κ1) is 15.4. The Labute approximate surface area is 125 Å². The summed E-state index contributed by atoms with van der Waals surface area (Å²) in [5, 5.41) is 0. The Morgan fingerprint density at radius 3 is 2.52 bits per heavy atom. The van der Waals surface area contributed by atoms with Crippen LogP contribution >= 0.6 is 0 Å². The lowest BCUT2D eigenvalue weighted by atomic mass is 10.2. The molecule has 2 rings (SSSR count). The molecule has 1 saturated heterocycles. The van der Waals surface area contributed by atoms with Gasteiger partial charge in [0.2, 0.25) is 0 Å². The van der Waals surface area contributed by atoms with Crippen molar-refractivity contribution in [1.82, 2.24) is 4.90 Å². The predicted molar refractivity (Wildman–Crippen MR) is 81.6 cm³/mol. The van der Waals surface area contributed by atoms with Gasteiger partial charge in [-0.3, -0.25) is 4.90 Å². The lowest BCUT2D eigenvalue weighted by Crippen LogP contribution is -2.32. The molecule has 114 valence electrons. The van der Waals surface area contributed by atoms with Gasteiger partial charge in [-0.1, -0.05) is 13.3 Å². The normalized spacial score (nSPS) is 14.7. The smallest absolute Gasteiger partial charge is 0.338 e. The Morgan fingerprint density at radius 1 is 1.19 bits per heavy atom. The summed E-state index contributed by atoms with van der Waals surface area (Å²) in [5.41, 5.74) is 1.34. The van der Waals surface area contributed by atoms with Crippen LogP contribution in [-0.2, 0) is 4.74 Å². The fourth-order valence-electron chi connectivity index (χ4n) is 2.37. The van der Waals surface area contributed by atoms with E-state index in [1.54, 1.807) is 36.1 Å². The number of hydrogen-bond donors (Lipinski definition) is 0. The van der Waals surface area contributed by atoms with E-state index in [1.807, 2.05) is 4.90 Å². The molecular formula is C16H22N2O3. The summed E-state index contributed by atoms with van der Waals surface area (Å²) in [6.45, 7) is 6.52. The Bertz CT molecular complexity index is 499. The van der Waals surface area contributed by atoms with E-state index in [0.717, 1.165) is 31.6 Å². The van der Waals surface area contributed by atoms with Crippen molar-refractivity contribution in [3.05, 3.63) is 29.8 Å². The number of rotatable bonds is 6. The molecule has 5 nitrogen and oxygen atoms in total. The average molecular weight is 290 g/mol. The van der Waals surface area contributed by atoms with Gasteiger partial charge in [0.15, 0.2) is 0 Å². The molecule has 5 heteroatoms. The molecule has 1 aromatic rings. The van der Waals surface area contributed by atoms with Crippen LogP contribution in [0.2, 0.25) is 0 Å². The number of benzene rings is 1. The summed E-state index contributed by atoms with van der Waals surface area (Å²) in [5.74, 6) is -0.332. The summed E-state index contributed by atoms with van der Waals surface area (Å²) in [6.07, 6.45) is 2.11. The molecule has 0 bridgehead atoms. The van der Waals surface area contributed by atoms with E-state index in [2.05, 4.69) is 6.92 Å². The molecule has 0 atom stereocenters. The highest BCUT2D eigenvalue weighted by Crippen LogP contribution is 2.21. The first-order valence-electron chi connectivity index (χ1n) is 7.51. The van der Waals surface area contributed by atoms with Gasteiger partial charge in [-0.2, -0.15) is 0 Å². The maximum atomic E-state index is 12.3. The minimum Gasteiger partial charge on any atom is -0.462 e. The summed E-state index contributed by atoms with van der Waals surface area (Å²) < 4.78 is 4.95. The van der Waals surface area contributed by atoms with Gasteiger partial charge in [-0.15, -0.1) is 0 Å². The highest BCUT2D eigenvalue weighted by Gasteiger charge is 2.28. The molecule has 0 radical (unpaired) electrons. The minimum absolute atomic E-state index is 0.0485. The number of unbranched alkanes of at least 4 members (excludes halogenated alkanes) is 1. The van der Waals surface area contributed by atoms with E-state index in [1.165, 1.54) is 0 Å². The third-order valence-corrected chi connectivity index (χ3v) is 3.57. The Morgan fingerprint density at radius 2 is 1.90 bits per heavy atom. The van der Waals surface area contributed by atoms with Crippen molar-refractivity contribution < 1.29 is 14.3 Å². The highest BCUT2D eigenvalue weighted by atomic mass is 16.5. The number of esters is 1. The molecule has 2 amide bonds. The molecule has 0 spiro atoms. The standard InChI is InChI=1S/C16H22N2O3/c1-3-5-10-17-11-12-18(16(17)20)14-8-6-13(7-9-14)15(19)21-4-2/h6-9H,3-5,10-12H2,1-2H3. The fourth-order valence-corrected chi connectivity index (χ4v) is 2.37. The van der Waals surface area contributed by atoms with Crippen LogP contribution in [-0.4, -0.2) is 43.1 Å². The molecule has 1 aliphatic rings. The van der Waals surface area contributed by atoms with Gasteiger partial charge < -0.3 is 9.64 Å². The van der Waals surface area contributed by atoms with Crippen LogP contribution in [0.3, 0.4) is 0 Å². The third kappa shape index (κ3) is 3.54. The van der Waals surface area contributed by atoms with E-state index >= 15 is 0 Å². The van der Waals surface area contributed by atoms with Gasteiger partial charge >= 0.3 is 12.0 Å². The number of urea groups is 1. The second-order valence-electron chi connectivity index (χ2n) is 5.04. The van der Waals surface area contributed by atoms with Crippen LogP contribution in [0.1, 0.15) is 37.0 Å². The predicted octanol–water partition coefficient (Wildman–Crippen LogP) is 2.91. The average Bonchev–Trinajstić information content (AvgIpc) is 2.86. The number of amides is 2. The lowest BCUT2D eigenvalue weighted by Gasteiger charge is -2.18. The van der Waals surface area contributed by atoms with Crippen molar-refractivity contribution in [1.29, 1.82) is 0 Å². The van der Waals surface area contributed by atoms with Crippen LogP contribution in [0.15, 0.2) is 24.3 Å². The first-order valence-corrected chi connectivity index (χ1v) is 7.51. The zero-order chi connectivity index (χ0) is 15.2. The number of anilines is 1. The Kier molecular flexibility index (Phi) is 5.20. The van der Waals surface area contributed by atoms with Gasteiger partial charge in [-0.05, 0) is 37.6 Å². The molecular weight excluding hydrogens is 268 g/mol. The Balaban J connectivity index is 2.02. The van der Waals surface area contributed by atoms with E-state index in [0.29, 0.717) is 18.7 Å². The monoisotopic (exact) mass is 290 g/mol. The molecule has 0 saturated carbocycles. The topological polar surface area (TPSA) is 49.9 Å². The lowest BCUT2D eigenvalue weighted by molar-refractivity contribution is 0.0526. The fraction of sp³-hybridized carbons (Fsp3) is 0.500. The number of carbonyl (C=O) groups excluding carboxylic acids is 2. The largest absolute Gasteiger partial charge is 0.462 e. The van der Waals surface area contributed by atoms with E-state index < -0.39 is 0 Å². The number of nitrogens with zero attached hydrogens (tertiary/aromatic N) is 2. The van der Waals surface area contributed by atoms with Crippen LogP contribution in [0.25, 0.3) is 0 Å². The minimum atomic E-state index is -0.332. The van der Waals surface area contributed by atoms with Crippen molar-refractivity contribution in [2.45, 2.75) is 26.7 Å². The van der Waals surface area contributed by atoms with E-state index in [4.69, 9.17) is 4.74 Å². The van der Waals surface area contributed by atoms with Crippen molar-refractivity contribution >= 4 is 17.7 Å². The second kappa shape index (κ2) is 7.11. The van der Waals surface area contributed by atoms with Gasteiger partial charge in [0.25, 0.3) is 0 Å². The van der Waals surface area contributed by atoms with Crippen LogP contribution < -0.4 is 4.90 Å². The van der Waals surface area contributed by atoms with Gasteiger partial charge in [0.1, 0.15) is 0 Å². The maximum Gasteiger partial charge on any atom is 0.338 e. The SMILES string of the molecule is CCCCN1CCN(c2ccc(C(=O)OCC)cc2)C1=O. The number of hydrogen-bond acceptors (Lipinski definition) is 3. The zero-order valence-electron chi connectivity index (χ0n) is 12.7. The first-order chi connectivity index (χ1) is 10.2. The molecule has 0 unspecified atom stereocenters. The van der Waals surface area contributed by atoms with Crippen LogP contribution in [0.5, 0.6) is 0 Å². The highest BCUT2D eigenvalue weighted by molar-refractivity contribution is 5.95. The van der Waals surface area contributed by atoms with Gasteiger partial charge in [0.05, 0.1) is 12.2 Å². The van der Waals surface area contributed by atoms with Gasteiger partial charge in [-0.25, -0.2) is 9.59 Å². The molecule has 0 aromatic heterocycles. The van der Waals surface area contributed by atoms with E-state index in [-0.39, 0.29) is 12.0 Å². The molecule has 1 aromatic carbocycles. The molecule has 21 heavy (non-hydrogen) atoms. The third-order valence-electron chi connectivity index (χ3n) is 3.57. The number of ether oxygens (including phenoxy) is 1. The molecule has 1 aliphatic heterocycles. The van der Waals surface area contributed by atoms with Crippen molar-refractivity contribution in [3.63, 3.8) is 0 Å². The maximum absolute atomic E-state index is 12.3. The van der Waals surface area contributed by atoms with Crippen molar-refractivity contribution in [3.8, 4) is 0 Å². The summed E-state index contributed by atoms with van der Waals surface area (Å²) in [6, 6.07) is 7.05. The summed E-state index contributed by atoms with van der Waals surface area (Å²) in [7, 11) is 0. The zero-order valence-corrected chi connectivity index (χ0v) is 12.7. The Hall–Kier alpha value is -2.04. The second-order valence-corrected chi connectivity index (χ2v) is 5.04. The van der Waals surface area contributed by atoms with Crippen molar-refractivity contribution in [2.75, 3.05) is 31.1 Å². The van der Waals surface area contributed by atoms with Crippen molar-refractivity contribution in [2.24, 2.45) is 0 Å².